The van der Waals surface area contributed by atoms with Crippen LogP contribution in [0.15, 0.2) is 164 Å². The molecule has 2 aliphatic rings. The van der Waals surface area contributed by atoms with E-state index in [4.69, 9.17) is 0 Å². The summed E-state index contributed by atoms with van der Waals surface area (Å²) in [7, 11) is 0. The van der Waals surface area contributed by atoms with E-state index in [2.05, 4.69) is 176 Å². The molecule has 0 unspecified atom stereocenters. The number of rotatable bonds is 4. The molecule has 8 aromatic rings. The highest BCUT2D eigenvalue weighted by Gasteiger charge is 2.52. The van der Waals surface area contributed by atoms with Gasteiger partial charge in [0.1, 0.15) is 0 Å². The molecule has 0 aliphatic heterocycles. The number of hydrogen-bond donors (Lipinski definition) is 0. The molecule has 2 nitrogen and oxygen atoms in total. The van der Waals surface area contributed by atoms with Crippen molar-refractivity contribution in [3.63, 3.8) is 0 Å². The molecule has 0 aromatic heterocycles. The molecular weight excluding hydrogens is 617 g/mol. The van der Waals surface area contributed by atoms with Gasteiger partial charge in [-0.15, -0.1) is 0 Å². The molecule has 0 atom stereocenters. The first-order chi connectivity index (χ1) is 25.1. The highest BCUT2D eigenvalue weighted by atomic mass is 15.1. The Morgan fingerprint density at radius 3 is 1.69 bits per heavy atom. The zero-order chi connectivity index (χ0) is 34.3. The summed E-state index contributed by atoms with van der Waals surface area (Å²) in [6.45, 7) is 4.47. The van der Waals surface area contributed by atoms with E-state index in [1.807, 2.05) is 12.1 Å². The molecule has 240 valence electrons. The Bertz CT molecular complexity index is 2680. The van der Waals surface area contributed by atoms with Crippen LogP contribution in [0.1, 0.15) is 53.1 Å². The molecule has 0 fully saturated rings. The minimum Gasteiger partial charge on any atom is -0.310 e. The molecule has 2 heteroatoms. The van der Waals surface area contributed by atoms with E-state index in [9.17, 15) is 5.26 Å². The highest BCUT2D eigenvalue weighted by molar-refractivity contribution is 6.13. The van der Waals surface area contributed by atoms with Gasteiger partial charge in [0.15, 0.2) is 0 Å². The lowest BCUT2D eigenvalue weighted by Gasteiger charge is -2.33. The molecule has 51 heavy (non-hydrogen) atoms. The topological polar surface area (TPSA) is 27.0 Å². The highest BCUT2D eigenvalue weighted by Crippen LogP contribution is 2.65. The lowest BCUT2D eigenvalue weighted by molar-refractivity contribution is 0.795. The van der Waals surface area contributed by atoms with Crippen LogP contribution in [0.25, 0.3) is 43.8 Å². The summed E-state index contributed by atoms with van der Waals surface area (Å²) in [5.41, 5.74) is 15.1. The SMILES string of the molecule is CC(C)c1ccc(N(c2ccc(C#N)cc2)c2cc3c(c4ccccc24)-c2cc4ccccc4cc2C32c3ccccc3-c3ccccc32)cc1. The van der Waals surface area contributed by atoms with Gasteiger partial charge >= 0.3 is 0 Å². The van der Waals surface area contributed by atoms with Crippen molar-refractivity contribution in [3.05, 3.63) is 197 Å². The van der Waals surface area contributed by atoms with Crippen LogP contribution in [0.3, 0.4) is 0 Å². The third-order valence-corrected chi connectivity index (χ3v) is 11.3. The Kier molecular flexibility index (Phi) is 6.38. The van der Waals surface area contributed by atoms with Gasteiger partial charge in [-0.2, -0.15) is 5.26 Å². The third-order valence-electron chi connectivity index (χ3n) is 11.3. The first kappa shape index (κ1) is 29.5. The number of nitriles is 1. The average Bonchev–Trinajstić information content (AvgIpc) is 3.64. The molecule has 1 spiro atoms. The van der Waals surface area contributed by atoms with E-state index < -0.39 is 5.41 Å². The van der Waals surface area contributed by atoms with Crippen molar-refractivity contribution in [2.24, 2.45) is 0 Å². The lowest BCUT2D eigenvalue weighted by atomic mass is 9.70. The van der Waals surface area contributed by atoms with E-state index in [0.717, 1.165) is 17.1 Å². The van der Waals surface area contributed by atoms with Crippen LogP contribution in [0.2, 0.25) is 0 Å². The molecule has 10 rings (SSSR count). The lowest BCUT2D eigenvalue weighted by Crippen LogP contribution is -2.26. The van der Waals surface area contributed by atoms with Gasteiger partial charge in [0.25, 0.3) is 0 Å². The third kappa shape index (κ3) is 4.10. The Morgan fingerprint density at radius 2 is 1.06 bits per heavy atom. The smallest absolute Gasteiger partial charge is 0.0991 e. The van der Waals surface area contributed by atoms with Crippen LogP contribution in [0.4, 0.5) is 17.1 Å². The van der Waals surface area contributed by atoms with Crippen molar-refractivity contribution in [2.75, 3.05) is 4.90 Å². The number of nitrogens with zero attached hydrogens (tertiary/aromatic N) is 2. The van der Waals surface area contributed by atoms with Crippen molar-refractivity contribution in [1.29, 1.82) is 5.26 Å². The maximum atomic E-state index is 9.70. The van der Waals surface area contributed by atoms with Gasteiger partial charge in [-0.1, -0.05) is 123 Å². The minimum atomic E-state index is -0.501. The van der Waals surface area contributed by atoms with Crippen molar-refractivity contribution in [2.45, 2.75) is 25.2 Å². The Labute approximate surface area is 298 Å². The number of anilines is 3. The zero-order valence-corrected chi connectivity index (χ0v) is 28.6. The number of hydrogen-bond acceptors (Lipinski definition) is 2. The molecule has 2 aliphatic carbocycles. The Balaban J connectivity index is 1.36. The fourth-order valence-electron chi connectivity index (χ4n) is 8.97. The van der Waals surface area contributed by atoms with Crippen LogP contribution < -0.4 is 4.90 Å². The molecule has 0 saturated heterocycles. The molecule has 8 aromatic carbocycles. The summed E-state index contributed by atoms with van der Waals surface area (Å²) in [4.78, 5) is 2.38. The summed E-state index contributed by atoms with van der Waals surface area (Å²) in [6.07, 6.45) is 0. The van der Waals surface area contributed by atoms with Gasteiger partial charge in [-0.25, -0.2) is 0 Å². The van der Waals surface area contributed by atoms with E-state index >= 15 is 0 Å². The maximum Gasteiger partial charge on any atom is 0.0991 e. The zero-order valence-electron chi connectivity index (χ0n) is 28.6. The first-order valence-electron chi connectivity index (χ1n) is 17.8. The predicted molar refractivity (Wildman–Crippen MR) is 211 cm³/mol. The molecule has 0 bridgehead atoms. The molecule has 0 amide bonds. The summed E-state index contributed by atoms with van der Waals surface area (Å²) in [5, 5.41) is 14.6. The van der Waals surface area contributed by atoms with Gasteiger partial charge < -0.3 is 4.90 Å². The summed E-state index contributed by atoms with van der Waals surface area (Å²) in [5.74, 6) is 0.430. The second-order valence-corrected chi connectivity index (χ2v) is 14.2. The molecule has 0 N–H and O–H groups in total. The van der Waals surface area contributed by atoms with Crippen molar-refractivity contribution >= 4 is 38.6 Å². The second kappa shape index (κ2) is 11.0. The van der Waals surface area contributed by atoms with Gasteiger partial charge in [0.05, 0.1) is 22.7 Å². The maximum absolute atomic E-state index is 9.70. The van der Waals surface area contributed by atoms with Crippen LogP contribution in [0, 0.1) is 11.3 Å². The Hall–Kier alpha value is -6.43. The average molecular weight is 651 g/mol. The van der Waals surface area contributed by atoms with Crippen LogP contribution >= 0.6 is 0 Å². The molecule has 0 radical (unpaired) electrons. The normalized spacial score (nSPS) is 13.2. The molecule has 0 heterocycles. The quantitative estimate of drug-likeness (QED) is 0.189. The fraction of sp³-hybridized carbons (Fsp3) is 0.0816. The summed E-state index contributed by atoms with van der Waals surface area (Å²) < 4.78 is 0. The monoisotopic (exact) mass is 650 g/mol. The molecule has 0 saturated carbocycles. The largest absolute Gasteiger partial charge is 0.310 e. The molecular formula is C49H34N2. The standard InChI is InChI=1S/C49H34N2/c1-31(2)33-21-25-37(26-22-33)51(36-23-19-32(30-50)20-24-36)47-29-46-48(41-16-6-5-15-40(41)47)42-27-34-11-3-4-12-35(34)28-45(42)49(46)43-17-9-7-13-38(43)39-14-8-10-18-44(39)49/h3-29,31H,1-2H3. The van der Waals surface area contributed by atoms with Crippen LogP contribution in [-0.4, -0.2) is 0 Å². The van der Waals surface area contributed by atoms with Crippen molar-refractivity contribution in [3.8, 4) is 28.3 Å². The van der Waals surface area contributed by atoms with Crippen molar-refractivity contribution in [1.82, 2.24) is 0 Å². The fourth-order valence-corrected chi connectivity index (χ4v) is 8.97. The van der Waals surface area contributed by atoms with Crippen molar-refractivity contribution < 1.29 is 0 Å². The van der Waals surface area contributed by atoms with Gasteiger partial charge in [0, 0.05) is 16.8 Å². The summed E-state index contributed by atoms with van der Waals surface area (Å²) >= 11 is 0. The summed E-state index contributed by atoms with van der Waals surface area (Å²) in [6, 6.07) is 62.4. The van der Waals surface area contributed by atoms with Gasteiger partial charge in [-0.05, 0) is 127 Å². The Morgan fingerprint density at radius 1 is 0.510 bits per heavy atom. The van der Waals surface area contributed by atoms with Gasteiger partial charge in [-0.3, -0.25) is 0 Å². The number of benzene rings is 8. The number of fused-ring (bicyclic) bond motifs is 13. The van der Waals surface area contributed by atoms with Crippen LogP contribution in [-0.2, 0) is 5.41 Å². The predicted octanol–water partition coefficient (Wildman–Crippen LogP) is 12.8. The van der Waals surface area contributed by atoms with Crippen LogP contribution in [0.5, 0.6) is 0 Å². The minimum absolute atomic E-state index is 0.430. The van der Waals surface area contributed by atoms with E-state index in [0.29, 0.717) is 11.5 Å². The van der Waals surface area contributed by atoms with E-state index in [1.165, 1.54) is 71.6 Å². The van der Waals surface area contributed by atoms with E-state index in [-0.39, 0.29) is 0 Å². The van der Waals surface area contributed by atoms with Gasteiger partial charge in [0.2, 0.25) is 0 Å². The second-order valence-electron chi connectivity index (χ2n) is 14.2. The van der Waals surface area contributed by atoms with E-state index in [1.54, 1.807) is 0 Å². The first-order valence-corrected chi connectivity index (χ1v) is 17.8.